The van der Waals surface area contributed by atoms with Crippen LogP contribution < -0.4 is 0 Å². The highest BCUT2D eigenvalue weighted by atomic mass is 32.2. The van der Waals surface area contributed by atoms with Crippen LogP contribution in [0.3, 0.4) is 0 Å². The predicted molar refractivity (Wildman–Crippen MR) is 53.7 cm³/mol. The molecule has 0 bridgehead atoms. The minimum Gasteiger partial charge on any atom is -0.501 e. The van der Waals surface area contributed by atoms with Crippen molar-refractivity contribution in [3.05, 3.63) is 11.8 Å². The Morgan fingerprint density at radius 2 is 2.54 bits per heavy atom. The van der Waals surface area contributed by atoms with E-state index in [0.717, 1.165) is 42.9 Å². The van der Waals surface area contributed by atoms with Crippen LogP contribution in [-0.4, -0.2) is 23.9 Å². The zero-order valence-electron chi connectivity index (χ0n) is 7.62. The second-order valence-corrected chi connectivity index (χ2v) is 4.69. The van der Waals surface area contributed by atoms with Gasteiger partial charge < -0.3 is 4.74 Å². The summed E-state index contributed by atoms with van der Waals surface area (Å²) >= 11 is 1.89. The van der Waals surface area contributed by atoms with Crippen LogP contribution in [0.15, 0.2) is 11.8 Å². The third-order valence-electron chi connectivity index (χ3n) is 2.55. The minimum atomic E-state index is 0.276. The molecule has 2 heterocycles. The Kier molecular flexibility index (Phi) is 2.94. The number of hydrogen-bond donors (Lipinski definition) is 0. The maximum Gasteiger partial charge on any atom is 0.165 e. The van der Waals surface area contributed by atoms with Crippen molar-refractivity contribution in [3.63, 3.8) is 0 Å². The lowest BCUT2D eigenvalue weighted by atomic mass is 9.94. The fraction of sp³-hybridized carbons (Fsp3) is 0.700. The van der Waals surface area contributed by atoms with Crippen LogP contribution in [0.1, 0.15) is 19.3 Å². The molecule has 0 aliphatic carbocycles. The molecule has 1 unspecified atom stereocenters. The van der Waals surface area contributed by atoms with E-state index in [0.29, 0.717) is 5.78 Å². The average Bonchev–Trinajstić information content (AvgIpc) is 2.71. The zero-order chi connectivity index (χ0) is 9.10. The van der Waals surface area contributed by atoms with Gasteiger partial charge >= 0.3 is 0 Å². The molecule has 1 fully saturated rings. The standard InChI is InChI=1S/C10H14O2S/c11-10(9-3-5-13-7-9)8-2-1-4-12-6-8/h6,9H,1-5,7H2. The minimum absolute atomic E-state index is 0.276. The van der Waals surface area contributed by atoms with Gasteiger partial charge in [0.15, 0.2) is 5.78 Å². The van der Waals surface area contributed by atoms with Gasteiger partial charge in [0.25, 0.3) is 0 Å². The first-order chi connectivity index (χ1) is 6.38. The molecule has 0 saturated carbocycles. The Bertz CT molecular complexity index is 229. The number of allylic oxidation sites excluding steroid dienone is 1. The second-order valence-electron chi connectivity index (χ2n) is 3.54. The Morgan fingerprint density at radius 3 is 3.15 bits per heavy atom. The van der Waals surface area contributed by atoms with Crippen LogP contribution in [0.5, 0.6) is 0 Å². The third kappa shape index (κ3) is 2.08. The molecule has 0 N–H and O–H groups in total. The molecule has 0 amide bonds. The highest BCUT2D eigenvalue weighted by Crippen LogP contribution is 2.28. The van der Waals surface area contributed by atoms with Gasteiger partial charge in [-0.1, -0.05) is 0 Å². The van der Waals surface area contributed by atoms with Gasteiger partial charge in [0, 0.05) is 17.2 Å². The summed E-state index contributed by atoms with van der Waals surface area (Å²) in [7, 11) is 0. The van der Waals surface area contributed by atoms with Crippen molar-refractivity contribution in [2.75, 3.05) is 18.1 Å². The van der Waals surface area contributed by atoms with Crippen molar-refractivity contribution in [3.8, 4) is 0 Å². The van der Waals surface area contributed by atoms with Crippen molar-refractivity contribution < 1.29 is 9.53 Å². The SMILES string of the molecule is O=C(C1=COCCC1)C1CCSC1. The van der Waals surface area contributed by atoms with E-state index in [1.54, 1.807) is 6.26 Å². The molecule has 1 saturated heterocycles. The Hall–Kier alpha value is -0.440. The molecular weight excluding hydrogens is 184 g/mol. The van der Waals surface area contributed by atoms with E-state index in [4.69, 9.17) is 4.74 Å². The quantitative estimate of drug-likeness (QED) is 0.679. The van der Waals surface area contributed by atoms with Gasteiger partial charge in [-0.15, -0.1) is 0 Å². The van der Waals surface area contributed by atoms with Gasteiger partial charge in [-0.2, -0.15) is 11.8 Å². The Labute approximate surface area is 82.7 Å². The first-order valence-electron chi connectivity index (χ1n) is 4.80. The van der Waals surface area contributed by atoms with Gasteiger partial charge in [0.1, 0.15) is 0 Å². The van der Waals surface area contributed by atoms with Crippen LogP contribution in [-0.2, 0) is 9.53 Å². The molecule has 2 aliphatic heterocycles. The summed E-state index contributed by atoms with van der Waals surface area (Å²) < 4.78 is 5.17. The molecule has 0 aromatic rings. The molecule has 0 spiro atoms. The topological polar surface area (TPSA) is 26.3 Å². The number of rotatable bonds is 2. The number of hydrogen-bond acceptors (Lipinski definition) is 3. The smallest absolute Gasteiger partial charge is 0.165 e. The Morgan fingerprint density at radius 1 is 1.62 bits per heavy atom. The molecule has 3 heteroatoms. The van der Waals surface area contributed by atoms with Gasteiger partial charge in [0.2, 0.25) is 0 Å². The first kappa shape index (κ1) is 9.13. The molecule has 0 aromatic heterocycles. The number of Topliss-reactive ketones (excluding diaryl/α,β-unsaturated/α-hetero) is 1. The molecule has 1 atom stereocenters. The molecular formula is C10H14O2S. The van der Waals surface area contributed by atoms with Crippen molar-refractivity contribution in [2.45, 2.75) is 19.3 Å². The van der Waals surface area contributed by atoms with Crippen LogP contribution >= 0.6 is 11.8 Å². The summed E-state index contributed by atoms with van der Waals surface area (Å²) in [6.07, 6.45) is 4.65. The van der Waals surface area contributed by atoms with Crippen LogP contribution in [0.25, 0.3) is 0 Å². The van der Waals surface area contributed by atoms with Crippen molar-refractivity contribution in [1.29, 1.82) is 0 Å². The van der Waals surface area contributed by atoms with E-state index in [2.05, 4.69) is 0 Å². The molecule has 2 rings (SSSR count). The van der Waals surface area contributed by atoms with E-state index in [-0.39, 0.29) is 5.92 Å². The maximum atomic E-state index is 11.8. The number of ketones is 1. The molecule has 0 aromatic carbocycles. The summed E-state index contributed by atoms with van der Waals surface area (Å²) in [5.41, 5.74) is 0.916. The highest BCUT2D eigenvalue weighted by Gasteiger charge is 2.26. The maximum absolute atomic E-state index is 11.8. The fourth-order valence-corrected chi connectivity index (χ4v) is 2.97. The summed E-state index contributed by atoms with van der Waals surface area (Å²) in [6, 6.07) is 0. The van der Waals surface area contributed by atoms with Crippen molar-refractivity contribution in [2.24, 2.45) is 5.92 Å². The summed E-state index contributed by atoms with van der Waals surface area (Å²) in [6.45, 7) is 0.774. The van der Waals surface area contributed by atoms with Crippen molar-refractivity contribution in [1.82, 2.24) is 0 Å². The van der Waals surface area contributed by atoms with E-state index < -0.39 is 0 Å². The summed E-state index contributed by atoms with van der Waals surface area (Å²) in [4.78, 5) is 11.8. The van der Waals surface area contributed by atoms with Crippen molar-refractivity contribution >= 4 is 17.5 Å². The first-order valence-corrected chi connectivity index (χ1v) is 5.96. The molecule has 13 heavy (non-hydrogen) atoms. The Balaban J connectivity index is 1.98. The normalized spacial score (nSPS) is 28.0. The largest absolute Gasteiger partial charge is 0.501 e. The average molecular weight is 198 g/mol. The highest BCUT2D eigenvalue weighted by molar-refractivity contribution is 7.99. The van der Waals surface area contributed by atoms with E-state index in [1.165, 1.54) is 0 Å². The monoisotopic (exact) mass is 198 g/mol. The fourth-order valence-electron chi connectivity index (χ4n) is 1.75. The number of thioether (sulfide) groups is 1. The summed E-state index contributed by atoms with van der Waals surface area (Å²) in [5.74, 6) is 2.77. The predicted octanol–water partition coefficient (Wildman–Crippen LogP) is 2.00. The number of carbonyl (C=O) groups is 1. The van der Waals surface area contributed by atoms with E-state index >= 15 is 0 Å². The lowest BCUT2D eigenvalue weighted by Gasteiger charge is -2.15. The van der Waals surface area contributed by atoms with Crippen LogP contribution in [0.4, 0.5) is 0 Å². The van der Waals surface area contributed by atoms with Gasteiger partial charge in [-0.05, 0) is 25.0 Å². The van der Waals surface area contributed by atoms with Gasteiger partial charge in [-0.3, -0.25) is 4.79 Å². The summed E-state index contributed by atoms with van der Waals surface area (Å²) in [5, 5.41) is 0. The molecule has 2 aliphatic rings. The number of ether oxygens (including phenoxy) is 1. The lowest BCUT2D eigenvalue weighted by Crippen LogP contribution is -2.18. The zero-order valence-corrected chi connectivity index (χ0v) is 8.44. The van der Waals surface area contributed by atoms with E-state index in [1.807, 2.05) is 11.8 Å². The van der Waals surface area contributed by atoms with Crippen LogP contribution in [0, 0.1) is 5.92 Å². The molecule has 2 nitrogen and oxygen atoms in total. The number of carbonyl (C=O) groups excluding carboxylic acids is 1. The lowest BCUT2D eigenvalue weighted by molar-refractivity contribution is -0.119. The van der Waals surface area contributed by atoms with Gasteiger partial charge in [-0.25, -0.2) is 0 Å². The molecule has 72 valence electrons. The molecule has 0 radical (unpaired) electrons. The van der Waals surface area contributed by atoms with E-state index in [9.17, 15) is 4.79 Å². The second kappa shape index (κ2) is 4.18. The third-order valence-corrected chi connectivity index (χ3v) is 3.71. The van der Waals surface area contributed by atoms with Gasteiger partial charge in [0.05, 0.1) is 12.9 Å². The van der Waals surface area contributed by atoms with Crippen LogP contribution in [0.2, 0.25) is 0 Å².